The highest BCUT2D eigenvalue weighted by Gasteiger charge is 2.21. The average Bonchev–Trinajstić information content (AvgIpc) is 2.96. The van der Waals surface area contributed by atoms with Crippen LogP contribution < -0.4 is 0 Å². The lowest BCUT2D eigenvalue weighted by atomic mass is 9.81. The molecule has 4 rings (SSSR count). The van der Waals surface area contributed by atoms with Gasteiger partial charge in [0, 0.05) is 48.1 Å². The fraction of sp³-hybridized carbons (Fsp3) is 0.400. The van der Waals surface area contributed by atoms with Gasteiger partial charge in [-0.25, -0.2) is 4.98 Å². The number of carbonyl (C=O) groups is 1. The number of Topliss-reactive ketones (excluding diaryl/α,β-unsaturated/α-hetero) is 1. The summed E-state index contributed by atoms with van der Waals surface area (Å²) in [6.45, 7) is 0.542. The van der Waals surface area contributed by atoms with Crippen molar-refractivity contribution in [2.45, 2.75) is 45.1 Å². The number of fused-ring (bicyclic) bond motifs is 1. The van der Waals surface area contributed by atoms with Crippen LogP contribution in [-0.2, 0) is 17.8 Å². The molecule has 5 heteroatoms. The number of nitrogens with zero attached hydrogens (tertiary/aromatic N) is 3. The van der Waals surface area contributed by atoms with E-state index in [1.807, 2.05) is 6.07 Å². The number of carbonyl (C=O) groups excluding carboxylic acids is 1. The molecule has 0 N–H and O–H groups in total. The second-order valence-electron chi connectivity index (χ2n) is 6.92. The maximum absolute atomic E-state index is 13.3. The van der Waals surface area contributed by atoms with E-state index in [0.29, 0.717) is 24.9 Å². The highest BCUT2D eigenvalue weighted by molar-refractivity contribution is 6.14. The Morgan fingerprint density at radius 1 is 1.24 bits per heavy atom. The molecule has 0 bridgehead atoms. The highest BCUT2D eigenvalue weighted by Crippen LogP contribution is 2.30. The Morgan fingerprint density at radius 3 is 2.88 bits per heavy atom. The molecular weight excluding hydrogens is 317 g/mol. The predicted octanol–water partition coefficient (Wildman–Crippen LogP) is 3.66. The third kappa shape index (κ3) is 3.50. The molecule has 2 aromatic heterocycles. The minimum absolute atomic E-state index is 0.259. The van der Waals surface area contributed by atoms with E-state index in [1.54, 1.807) is 12.3 Å². The summed E-state index contributed by atoms with van der Waals surface area (Å²) < 4.78 is 13.3. The largest absolute Gasteiger partial charge is 0.299 e. The molecule has 4 nitrogen and oxygen atoms in total. The van der Waals surface area contributed by atoms with Crippen molar-refractivity contribution in [2.75, 3.05) is 0 Å². The molecule has 0 unspecified atom stereocenters. The highest BCUT2D eigenvalue weighted by atomic mass is 19.1. The van der Waals surface area contributed by atoms with Gasteiger partial charge in [0.2, 0.25) is 5.95 Å². The molecule has 0 saturated heterocycles. The number of rotatable bonds is 6. The minimum Gasteiger partial charge on any atom is -0.299 e. The average molecular weight is 337 g/mol. The van der Waals surface area contributed by atoms with Crippen LogP contribution in [0.2, 0.25) is 0 Å². The number of ketones is 1. The molecule has 1 aliphatic heterocycles. The summed E-state index contributed by atoms with van der Waals surface area (Å²) in [5.74, 6) is 0.499. The van der Waals surface area contributed by atoms with Crippen LogP contribution in [0.1, 0.15) is 54.5 Å². The summed E-state index contributed by atoms with van der Waals surface area (Å²) in [6, 6.07) is 5.09. The van der Waals surface area contributed by atoms with E-state index in [9.17, 15) is 9.18 Å². The first kappa shape index (κ1) is 16.1. The minimum atomic E-state index is -0.518. The molecule has 0 aromatic carbocycles. The number of halogens is 1. The lowest BCUT2D eigenvalue weighted by Crippen LogP contribution is -2.14. The third-order valence-corrected chi connectivity index (χ3v) is 5.14. The van der Waals surface area contributed by atoms with Crippen LogP contribution in [0.15, 0.2) is 35.6 Å². The van der Waals surface area contributed by atoms with Crippen LogP contribution in [0, 0.1) is 11.9 Å². The number of aromatic nitrogens is 2. The number of hydrogen-bond donors (Lipinski definition) is 0. The van der Waals surface area contributed by atoms with Gasteiger partial charge >= 0.3 is 0 Å². The summed E-state index contributed by atoms with van der Waals surface area (Å²) in [6.07, 6.45) is 9.13. The monoisotopic (exact) mass is 337 g/mol. The molecule has 0 radical (unpaired) electrons. The summed E-state index contributed by atoms with van der Waals surface area (Å²) in [7, 11) is 0. The normalized spacial score (nSPS) is 16.3. The van der Waals surface area contributed by atoms with E-state index in [4.69, 9.17) is 0 Å². The lowest BCUT2D eigenvalue weighted by Gasteiger charge is -2.24. The molecule has 25 heavy (non-hydrogen) atoms. The van der Waals surface area contributed by atoms with Gasteiger partial charge in [0.15, 0.2) is 0 Å². The Balaban J connectivity index is 1.44. The van der Waals surface area contributed by atoms with Crippen molar-refractivity contribution in [1.29, 1.82) is 0 Å². The smallest absolute Gasteiger partial charge is 0.213 e. The molecule has 3 heterocycles. The van der Waals surface area contributed by atoms with Crippen molar-refractivity contribution >= 4 is 11.5 Å². The van der Waals surface area contributed by atoms with E-state index >= 15 is 0 Å². The Morgan fingerprint density at radius 2 is 2.12 bits per heavy atom. The molecule has 2 aromatic rings. The first-order valence-corrected chi connectivity index (χ1v) is 8.85. The molecule has 1 saturated carbocycles. The van der Waals surface area contributed by atoms with Crippen molar-refractivity contribution in [3.63, 3.8) is 0 Å². The van der Waals surface area contributed by atoms with Gasteiger partial charge in [-0.15, -0.1) is 0 Å². The van der Waals surface area contributed by atoms with E-state index in [2.05, 4.69) is 15.0 Å². The topological polar surface area (TPSA) is 55.2 Å². The van der Waals surface area contributed by atoms with Gasteiger partial charge in [-0.05, 0) is 30.0 Å². The van der Waals surface area contributed by atoms with Gasteiger partial charge in [0.25, 0.3) is 0 Å². The van der Waals surface area contributed by atoms with Crippen LogP contribution >= 0.6 is 0 Å². The van der Waals surface area contributed by atoms with Crippen LogP contribution in [0.25, 0.3) is 0 Å². The molecule has 2 aliphatic rings. The zero-order valence-electron chi connectivity index (χ0n) is 14.0. The van der Waals surface area contributed by atoms with Crippen LogP contribution in [-0.4, -0.2) is 21.5 Å². The van der Waals surface area contributed by atoms with Gasteiger partial charge in [-0.1, -0.05) is 19.3 Å². The molecular formula is C20H20FN3O. The first-order valence-electron chi connectivity index (χ1n) is 8.85. The lowest BCUT2D eigenvalue weighted by molar-refractivity contribution is -0.118. The van der Waals surface area contributed by atoms with Gasteiger partial charge in [0.05, 0.1) is 12.3 Å². The van der Waals surface area contributed by atoms with Crippen molar-refractivity contribution in [3.8, 4) is 0 Å². The maximum atomic E-state index is 13.3. The number of hydrogen-bond acceptors (Lipinski definition) is 4. The maximum Gasteiger partial charge on any atom is 0.213 e. The summed E-state index contributed by atoms with van der Waals surface area (Å²) in [5, 5.41) is 0. The summed E-state index contributed by atoms with van der Waals surface area (Å²) in [4.78, 5) is 24.7. The quantitative estimate of drug-likeness (QED) is 0.756. The molecule has 1 fully saturated rings. The van der Waals surface area contributed by atoms with Crippen molar-refractivity contribution in [3.05, 3.63) is 58.9 Å². The SMILES string of the molecule is O=C(CCC1CCC1)Cc1cc2c(cn1)C(c1ccnc(F)c1)=NC2. The van der Waals surface area contributed by atoms with Crippen molar-refractivity contribution in [1.82, 2.24) is 9.97 Å². The van der Waals surface area contributed by atoms with E-state index < -0.39 is 5.95 Å². The fourth-order valence-electron chi connectivity index (χ4n) is 3.47. The van der Waals surface area contributed by atoms with Gasteiger partial charge in [-0.3, -0.25) is 14.8 Å². The fourth-order valence-corrected chi connectivity index (χ4v) is 3.47. The summed E-state index contributed by atoms with van der Waals surface area (Å²) in [5.41, 5.74) is 4.21. The van der Waals surface area contributed by atoms with E-state index in [-0.39, 0.29) is 5.78 Å². The van der Waals surface area contributed by atoms with Gasteiger partial charge < -0.3 is 0 Å². The zero-order valence-corrected chi connectivity index (χ0v) is 14.0. The molecule has 0 spiro atoms. The Bertz CT molecular complexity index is 843. The standard InChI is InChI=1S/C20H20FN3O/c21-19-9-14(6-7-22-19)20-18-12-23-16(8-15(18)11-24-20)10-17(25)5-4-13-2-1-3-13/h6-9,12-13H,1-5,10-11H2. The van der Waals surface area contributed by atoms with E-state index in [1.165, 1.54) is 31.5 Å². The molecule has 128 valence electrons. The number of pyridine rings is 2. The van der Waals surface area contributed by atoms with Gasteiger partial charge in [0.1, 0.15) is 5.78 Å². The molecule has 0 atom stereocenters. The second kappa shape index (κ2) is 6.82. The van der Waals surface area contributed by atoms with Crippen LogP contribution in [0.3, 0.4) is 0 Å². The van der Waals surface area contributed by atoms with Crippen molar-refractivity contribution < 1.29 is 9.18 Å². The summed E-state index contributed by atoms with van der Waals surface area (Å²) >= 11 is 0. The van der Waals surface area contributed by atoms with Crippen molar-refractivity contribution in [2.24, 2.45) is 10.9 Å². The predicted molar refractivity (Wildman–Crippen MR) is 93.1 cm³/mol. The molecule has 0 amide bonds. The Kier molecular flexibility index (Phi) is 4.38. The first-order chi connectivity index (χ1) is 12.2. The Labute approximate surface area is 146 Å². The Hall–Kier alpha value is -2.43. The second-order valence-corrected chi connectivity index (χ2v) is 6.92. The molecule has 1 aliphatic carbocycles. The van der Waals surface area contributed by atoms with Crippen LogP contribution in [0.5, 0.6) is 0 Å². The van der Waals surface area contributed by atoms with E-state index in [0.717, 1.165) is 34.9 Å². The zero-order chi connectivity index (χ0) is 17.2. The number of aliphatic imine (C=N–C) groups is 1. The van der Waals surface area contributed by atoms with Crippen LogP contribution in [0.4, 0.5) is 4.39 Å². The third-order valence-electron chi connectivity index (χ3n) is 5.14. The van der Waals surface area contributed by atoms with Gasteiger partial charge in [-0.2, -0.15) is 4.39 Å².